The summed E-state index contributed by atoms with van der Waals surface area (Å²) in [7, 11) is 0. The number of aryl methyl sites for hydroxylation is 1. The normalized spacial score (nSPS) is 19.6. The molecule has 3 amide bonds. The van der Waals surface area contributed by atoms with Gasteiger partial charge in [-0.2, -0.15) is 0 Å². The van der Waals surface area contributed by atoms with Crippen LogP contribution in [-0.4, -0.2) is 64.4 Å². The minimum Gasteiger partial charge on any atom is -0.488 e. The Labute approximate surface area is 230 Å². The van der Waals surface area contributed by atoms with Crippen LogP contribution in [0.2, 0.25) is 0 Å². The molecule has 40 heavy (non-hydrogen) atoms. The second-order valence-corrected chi connectivity index (χ2v) is 10.1. The van der Waals surface area contributed by atoms with E-state index in [0.29, 0.717) is 42.1 Å². The molecule has 1 saturated heterocycles. The third kappa shape index (κ3) is 5.33. The van der Waals surface area contributed by atoms with E-state index in [2.05, 4.69) is 20.6 Å². The standard InChI is InChI=1S/C30H29N5O5/c1-18-2-5-20-13-27(18)39-16-28(36)31-14-19-3-7-22(8-4-19)40-26-10-11-35(15-25(26)34-29(20)37)30(38)21-6-9-23-24(12-21)33-17-32-23/h2-9,12-13,17,25-26H,10-11,14-16H2,1H3,(H,31,36)(H,32,33)(H,34,37)/t25-,26-/m0/s1. The third-order valence-corrected chi connectivity index (χ3v) is 7.33. The van der Waals surface area contributed by atoms with Crippen molar-refractivity contribution in [3.8, 4) is 11.5 Å². The van der Waals surface area contributed by atoms with E-state index in [4.69, 9.17) is 9.47 Å². The predicted molar refractivity (Wildman–Crippen MR) is 147 cm³/mol. The second-order valence-electron chi connectivity index (χ2n) is 10.1. The number of nitrogens with zero attached hydrogens (tertiary/aromatic N) is 2. The Balaban J connectivity index is 1.28. The van der Waals surface area contributed by atoms with Crippen LogP contribution in [0.4, 0.5) is 0 Å². The molecule has 4 aromatic rings. The van der Waals surface area contributed by atoms with Crippen LogP contribution < -0.4 is 20.1 Å². The van der Waals surface area contributed by atoms with Gasteiger partial charge in [0.25, 0.3) is 17.7 Å². The maximum Gasteiger partial charge on any atom is 0.258 e. The van der Waals surface area contributed by atoms with Crippen molar-refractivity contribution in [3.63, 3.8) is 0 Å². The highest BCUT2D eigenvalue weighted by Gasteiger charge is 2.35. The molecular weight excluding hydrogens is 510 g/mol. The van der Waals surface area contributed by atoms with Crippen LogP contribution in [0.5, 0.6) is 11.5 Å². The first-order valence-corrected chi connectivity index (χ1v) is 13.2. The molecule has 3 aromatic carbocycles. The molecule has 204 valence electrons. The predicted octanol–water partition coefficient (Wildman–Crippen LogP) is 2.97. The van der Waals surface area contributed by atoms with Crippen molar-refractivity contribution in [3.05, 3.63) is 89.2 Å². The van der Waals surface area contributed by atoms with Gasteiger partial charge in [-0.3, -0.25) is 14.4 Å². The van der Waals surface area contributed by atoms with Gasteiger partial charge in [-0.1, -0.05) is 18.2 Å². The first-order valence-electron chi connectivity index (χ1n) is 13.2. The van der Waals surface area contributed by atoms with Gasteiger partial charge >= 0.3 is 0 Å². The number of fused-ring (bicyclic) bond motifs is 8. The zero-order valence-electron chi connectivity index (χ0n) is 22.0. The Kier molecular flexibility index (Phi) is 6.81. The number of benzene rings is 3. The van der Waals surface area contributed by atoms with Gasteiger partial charge < -0.3 is 30.0 Å². The van der Waals surface area contributed by atoms with Gasteiger partial charge in [0, 0.05) is 37.2 Å². The van der Waals surface area contributed by atoms with E-state index in [9.17, 15) is 14.4 Å². The third-order valence-electron chi connectivity index (χ3n) is 7.33. The molecule has 0 spiro atoms. The first kappa shape index (κ1) is 25.4. The molecule has 3 aliphatic heterocycles. The van der Waals surface area contributed by atoms with Crippen LogP contribution in [0.3, 0.4) is 0 Å². The van der Waals surface area contributed by atoms with E-state index in [0.717, 1.165) is 22.2 Å². The van der Waals surface area contributed by atoms with E-state index in [1.165, 1.54) is 0 Å². The molecule has 3 N–H and O–H groups in total. The number of likely N-dealkylation sites (tertiary alicyclic amines) is 1. The molecule has 1 aromatic heterocycles. The summed E-state index contributed by atoms with van der Waals surface area (Å²) in [4.78, 5) is 48.3. The summed E-state index contributed by atoms with van der Waals surface area (Å²) >= 11 is 0. The molecule has 0 saturated carbocycles. The number of aromatic nitrogens is 2. The molecule has 0 radical (unpaired) electrons. The average Bonchev–Trinajstić information content (AvgIpc) is 3.44. The molecule has 2 atom stereocenters. The summed E-state index contributed by atoms with van der Waals surface area (Å²) in [5.74, 6) is 0.398. The van der Waals surface area contributed by atoms with Gasteiger partial charge in [-0.05, 0) is 60.5 Å². The topological polar surface area (TPSA) is 126 Å². The van der Waals surface area contributed by atoms with E-state index >= 15 is 0 Å². The molecule has 4 heterocycles. The van der Waals surface area contributed by atoms with Crippen molar-refractivity contribution >= 4 is 28.8 Å². The Morgan fingerprint density at radius 2 is 1.90 bits per heavy atom. The molecule has 10 nitrogen and oxygen atoms in total. The summed E-state index contributed by atoms with van der Waals surface area (Å²) in [6, 6.07) is 17.5. The van der Waals surface area contributed by atoms with Crippen molar-refractivity contribution in [2.75, 3.05) is 19.7 Å². The molecule has 3 aliphatic rings. The fraction of sp³-hybridized carbons (Fsp3) is 0.267. The number of carbonyl (C=O) groups excluding carboxylic acids is 3. The van der Waals surface area contributed by atoms with Crippen molar-refractivity contribution in [1.29, 1.82) is 0 Å². The van der Waals surface area contributed by atoms with Crippen molar-refractivity contribution in [2.24, 2.45) is 0 Å². The van der Waals surface area contributed by atoms with Crippen LogP contribution in [0, 0.1) is 6.92 Å². The number of aromatic amines is 1. The summed E-state index contributed by atoms with van der Waals surface area (Å²) in [5, 5.41) is 5.94. The number of ether oxygens (including phenoxy) is 2. The van der Waals surface area contributed by atoms with Gasteiger partial charge in [0.15, 0.2) is 6.61 Å². The molecule has 1 fully saturated rings. The lowest BCUT2D eigenvalue weighted by Crippen LogP contribution is -2.58. The average molecular weight is 540 g/mol. The number of carbonyl (C=O) groups is 3. The summed E-state index contributed by atoms with van der Waals surface area (Å²) in [6.45, 7) is 2.80. The molecule has 4 bridgehead atoms. The molecule has 0 unspecified atom stereocenters. The Morgan fingerprint density at radius 1 is 1.05 bits per heavy atom. The quantitative estimate of drug-likeness (QED) is 0.342. The van der Waals surface area contributed by atoms with Crippen molar-refractivity contribution < 1.29 is 23.9 Å². The smallest absolute Gasteiger partial charge is 0.258 e. The SMILES string of the molecule is Cc1ccc2cc1OCC(=O)NCc1ccc(cc1)O[C@H]1CCN(C(=O)c3ccc4nc[nH]c4c3)C[C@@H]1NC2=O. The number of H-pyrrole nitrogens is 1. The lowest BCUT2D eigenvalue weighted by atomic mass is 9.99. The fourth-order valence-corrected chi connectivity index (χ4v) is 5.05. The van der Waals surface area contributed by atoms with E-state index in [1.54, 1.807) is 41.6 Å². The highest BCUT2D eigenvalue weighted by molar-refractivity contribution is 5.98. The first-order chi connectivity index (χ1) is 19.4. The fourth-order valence-electron chi connectivity index (χ4n) is 5.05. The number of hydrogen-bond donors (Lipinski definition) is 3. The molecular formula is C30H29N5O5. The zero-order chi connectivity index (χ0) is 27.6. The lowest BCUT2D eigenvalue weighted by Gasteiger charge is -2.39. The van der Waals surface area contributed by atoms with E-state index in [1.807, 2.05) is 37.3 Å². The largest absolute Gasteiger partial charge is 0.488 e. The van der Waals surface area contributed by atoms with Crippen LogP contribution in [0.15, 0.2) is 67.0 Å². The lowest BCUT2D eigenvalue weighted by molar-refractivity contribution is -0.123. The van der Waals surface area contributed by atoms with Crippen LogP contribution in [0.25, 0.3) is 11.0 Å². The number of piperidine rings is 1. The zero-order valence-corrected chi connectivity index (χ0v) is 22.0. The van der Waals surface area contributed by atoms with Crippen LogP contribution >= 0.6 is 0 Å². The maximum atomic E-state index is 13.5. The van der Waals surface area contributed by atoms with Gasteiger partial charge in [0.05, 0.1) is 23.4 Å². The Bertz CT molecular complexity index is 1580. The maximum absolute atomic E-state index is 13.5. The van der Waals surface area contributed by atoms with Gasteiger partial charge in [0.1, 0.15) is 17.6 Å². The number of amides is 3. The van der Waals surface area contributed by atoms with Crippen LogP contribution in [0.1, 0.15) is 38.3 Å². The molecule has 0 aliphatic carbocycles. The number of hydrogen-bond acceptors (Lipinski definition) is 6. The minimum absolute atomic E-state index is 0.125. The number of imidazole rings is 1. The van der Waals surface area contributed by atoms with E-state index < -0.39 is 6.04 Å². The Hall–Kier alpha value is -4.86. The molecule has 7 rings (SSSR count). The summed E-state index contributed by atoms with van der Waals surface area (Å²) < 4.78 is 12.1. The van der Waals surface area contributed by atoms with E-state index in [-0.39, 0.29) is 37.0 Å². The van der Waals surface area contributed by atoms with Crippen molar-refractivity contribution in [1.82, 2.24) is 25.5 Å². The monoisotopic (exact) mass is 539 g/mol. The summed E-state index contributed by atoms with van der Waals surface area (Å²) in [5.41, 5.74) is 4.24. The van der Waals surface area contributed by atoms with Gasteiger partial charge in [-0.25, -0.2) is 4.98 Å². The Morgan fingerprint density at radius 3 is 2.75 bits per heavy atom. The molecule has 10 heteroatoms. The summed E-state index contributed by atoms with van der Waals surface area (Å²) in [6.07, 6.45) is 1.77. The van der Waals surface area contributed by atoms with Crippen LogP contribution in [-0.2, 0) is 11.3 Å². The number of rotatable bonds is 1. The highest BCUT2D eigenvalue weighted by Crippen LogP contribution is 2.24. The van der Waals surface area contributed by atoms with Gasteiger partial charge in [-0.15, -0.1) is 0 Å². The second kappa shape index (κ2) is 10.7. The highest BCUT2D eigenvalue weighted by atomic mass is 16.5. The number of nitrogens with one attached hydrogen (secondary N) is 3. The minimum atomic E-state index is -0.467. The van der Waals surface area contributed by atoms with Gasteiger partial charge in [0.2, 0.25) is 0 Å². The van der Waals surface area contributed by atoms with Crippen molar-refractivity contribution in [2.45, 2.75) is 32.0 Å².